The SMILES string of the molecule is [2H]c1c([2H])c([2H])c2c(c1[2H])c1ccc(-n3c4ccccc4n4c5ccccc5nc34)[c-]c1n2-c1[c-]c(-n2c3ccccc3n3c4ccccc4nc23)ccc1.[Pt+2]. The zero-order valence-corrected chi connectivity index (χ0v) is 29.3. The molecule has 0 aliphatic heterocycles. The van der Waals surface area contributed by atoms with E-state index in [-0.39, 0.29) is 45.2 Å². The van der Waals surface area contributed by atoms with Crippen LogP contribution < -0.4 is 0 Å². The van der Waals surface area contributed by atoms with Crippen LogP contribution in [-0.4, -0.2) is 32.5 Å². The van der Waals surface area contributed by atoms with Crippen molar-refractivity contribution < 1.29 is 26.5 Å². The molecule has 5 aromatic heterocycles. The maximum absolute atomic E-state index is 9.21. The molecule has 12 aromatic rings. The van der Waals surface area contributed by atoms with Crippen LogP contribution in [0.15, 0.2) is 152 Å². The second-order valence-electron chi connectivity index (χ2n) is 12.7. The van der Waals surface area contributed by atoms with Gasteiger partial charge in [0.05, 0.1) is 49.6 Å². The summed E-state index contributed by atoms with van der Waals surface area (Å²) < 4.78 is 46.0. The molecule has 0 spiro atoms. The van der Waals surface area contributed by atoms with Gasteiger partial charge in [-0.1, -0.05) is 89.2 Å². The Kier molecular flexibility index (Phi) is 5.29. The number of hydrogen-bond donors (Lipinski definition) is 0. The Morgan fingerprint density at radius 1 is 0.423 bits per heavy atom. The molecule has 7 nitrogen and oxygen atoms in total. The minimum atomic E-state index is -0.303. The predicted octanol–water partition coefficient (Wildman–Crippen LogP) is 9.87. The van der Waals surface area contributed by atoms with Crippen molar-refractivity contribution in [3.8, 4) is 17.1 Å². The van der Waals surface area contributed by atoms with Gasteiger partial charge in [0.1, 0.15) is 0 Å². The van der Waals surface area contributed by atoms with Crippen molar-refractivity contribution in [3.05, 3.63) is 164 Å². The zero-order valence-electron chi connectivity index (χ0n) is 31.1. The van der Waals surface area contributed by atoms with Gasteiger partial charge in [0.25, 0.3) is 0 Å². The molecule has 0 fully saturated rings. The van der Waals surface area contributed by atoms with Gasteiger partial charge in [0.2, 0.25) is 11.6 Å². The molecule has 0 amide bonds. The van der Waals surface area contributed by atoms with Crippen molar-refractivity contribution in [1.82, 2.24) is 32.5 Å². The molecule has 0 aliphatic carbocycles. The molecule has 0 saturated carbocycles. The summed E-state index contributed by atoms with van der Waals surface area (Å²) in [5.74, 6) is 1.47. The molecule has 0 atom stereocenters. The van der Waals surface area contributed by atoms with Crippen LogP contribution in [0.2, 0.25) is 0 Å². The first-order chi connectivity index (χ1) is 27.0. The van der Waals surface area contributed by atoms with Crippen molar-refractivity contribution in [1.29, 1.82) is 0 Å². The quantitative estimate of drug-likeness (QED) is 0.166. The first-order valence-corrected chi connectivity index (χ1v) is 16.7. The third-order valence-corrected chi connectivity index (χ3v) is 9.99. The Hall–Kier alpha value is -6.43. The number of benzene rings is 7. The van der Waals surface area contributed by atoms with E-state index in [0.717, 1.165) is 61.4 Å². The molecule has 0 aliphatic rings. The van der Waals surface area contributed by atoms with Gasteiger partial charge in [0.15, 0.2) is 0 Å². The average molecular weight is 851 g/mol. The van der Waals surface area contributed by atoms with E-state index in [9.17, 15) is 1.37 Å². The van der Waals surface area contributed by atoms with Crippen LogP contribution in [0.3, 0.4) is 0 Å². The molecular formula is C44H25N7Pt. The average Bonchev–Trinajstić information content (AvgIpc) is 4.01. The van der Waals surface area contributed by atoms with Gasteiger partial charge in [-0.05, 0) is 60.0 Å². The van der Waals surface area contributed by atoms with Crippen molar-refractivity contribution in [3.63, 3.8) is 0 Å². The molecule has 8 heteroatoms. The van der Waals surface area contributed by atoms with Crippen molar-refractivity contribution in [2.75, 3.05) is 0 Å². The maximum atomic E-state index is 9.21. The summed E-state index contributed by atoms with van der Waals surface area (Å²) in [7, 11) is 0. The summed E-state index contributed by atoms with van der Waals surface area (Å²) in [6.07, 6.45) is 0. The molecule has 0 unspecified atom stereocenters. The van der Waals surface area contributed by atoms with Gasteiger partial charge in [-0.2, -0.15) is 12.1 Å². The fourth-order valence-corrected chi connectivity index (χ4v) is 7.88. The van der Waals surface area contributed by atoms with Gasteiger partial charge in [0, 0.05) is 5.52 Å². The molecule has 52 heavy (non-hydrogen) atoms. The molecule has 5 heterocycles. The van der Waals surface area contributed by atoms with Crippen molar-refractivity contribution >= 4 is 77.5 Å². The summed E-state index contributed by atoms with van der Waals surface area (Å²) >= 11 is 0. The van der Waals surface area contributed by atoms with Crippen LogP contribution in [0.25, 0.3) is 94.6 Å². The first-order valence-electron chi connectivity index (χ1n) is 18.7. The first kappa shape index (κ1) is 25.5. The van der Waals surface area contributed by atoms with E-state index in [1.54, 1.807) is 0 Å². The smallest absolute Gasteiger partial charge is 0.358 e. The summed E-state index contributed by atoms with van der Waals surface area (Å²) in [5.41, 5.74) is 10.6. The van der Waals surface area contributed by atoms with Crippen LogP contribution in [0, 0.1) is 12.1 Å². The minimum absolute atomic E-state index is 0. The van der Waals surface area contributed by atoms with Crippen LogP contribution >= 0.6 is 0 Å². The summed E-state index contributed by atoms with van der Waals surface area (Å²) in [5, 5.41) is 1.07. The minimum Gasteiger partial charge on any atom is -0.358 e. The standard InChI is InChI=1S/C44H25N7.Pt/c1-4-17-35-31(14-1)32-25-24-30(49-39-21-8-10-23-41(39)51-37-19-6-3-16-34(37)46-44(49)51)27-42(32)47(35)28-12-11-13-29(26-28)48-38-20-7-9-22-40(38)50-36-18-5-2-15-33(36)45-43(48)50;/h1-25H;/q-2;+2/i1D,4D,14D,17D;. The zero-order chi connectivity index (χ0) is 36.7. The second-order valence-corrected chi connectivity index (χ2v) is 12.7. The molecule has 0 radical (unpaired) electrons. The fraction of sp³-hybridized carbons (Fsp3) is 0. The number of nitrogens with zero attached hydrogens (tertiary/aromatic N) is 7. The monoisotopic (exact) mass is 850 g/mol. The van der Waals surface area contributed by atoms with Crippen LogP contribution in [0.4, 0.5) is 0 Å². The van der Waals surface area contributed by atoms with Crippen molar-refractivity contribution in [2.24, 2.45) is 0 Å². The third kappa shape index (κ3) is 3.83. The van der Waals surface area contributed by atoms with E-state index < -0.39 is 0 Å². The summed E-state index contributed by atoms with van der Waals surface area (Å²) in [6, 6.07) is 48.7. The second kappa shape index (κ2) is 10.8. The number of rotatable bonds is 3. The Labute approximate surface area is 316 Å². The topological polar surface area (TPSA) is 49.4 Å². The fourth-order valence-electron chi connectivity index (χ4n) is 7.88. The molecule has 12 rings (SSSR count). The van der Waals surface area contributed by atoms with Gasteiger partial charge < -0.3 is 13.7 Å². The third-order valence-electron chi connectivity index (χ3n) is 9.99. The number of fused-ring (bicyclic) bond motifs is 13. The largest absolute Gasteiger partial charge is 2.00 e. The van der Waals surface area contributed by atoms with E-state index in [0.29, 0.717) is 33.2 Å². The van der Waals surface area contributed by atoms with E-state index in [4.69, 9.17) is 14.1 Å². The van der Waals surface area contributed by atoms with Crippen LogP contribution in [-0.2, 0) is 21.1 Å². The van der Waals surface area contributed by atoms with E-state index in [2.05, 4.69) is 66.5 Å². The molecule has 246 valence electrons. The summed E-state index contributed by atoms with van der Waals surface area (Å²) in [6.45, 7) is 0. The van der Waals surface area contributed by atoms with E-state index >= 15 is 0 Å². The van der Waals surface area contributed by atoms with E-state index in [1.807, 2.05) is 95.6 Å². The molecule has 0 bridgehead atoms. The predicted molar refractivity (Wildman–Crippen MR) is 205 cm³/mol. The normalized spacial score (nSPS) is 13.2. The Morgan fingerprint density at radius 3 is 1.54 bits per heavy atom. The van der Waals surface area contributed by atoms with Gasteiger partial charge in [-0.3, -0.25) is 8.80 Å². The van der Waals surface area contributed by atoms with Crippen molar-refractivity contribution in [2.45, 2.75) is 0 Å². The van der Waals surface area contributed by atoms with Crippen LogP contribution in [0.1, 0.15) is 5.48 Å². The van der Waals surface area contributed by atoms with E-state index in [1.165, 1.54) is 0 Å². The number of aromatic nitrogens is 7. The number of imidazole rings is 4. The molecular weight excluding hydrogens is 822 g/mol. The van der Waals surface area contributed by atoms with Gasteiger partial charge >= 0.3 is 21.1 Å². The number of para-hydroxylation sites is 9. The maximum Gasteiger partial charge on any atom is 2.00 e. The van der Waals surface area contributed by atoms with Crippen LogP contribution in [0.5, 0.6) is 0 Å². The Balaban J connectivity index is 0.00000363. The Morgan fingerprint density at radius 2 is 0.923 bits per heavy atom. The molecule has 7 aromatic carbocycles. The summed E-state index contributed by atoms with van der Waals surface area (Å²) in [4.78, 5) is 10.1. The van der Waals surface area contributed by atoms with Gasteiger partial charge in [-0.15, -0.1) is 35.7 Å². The molecule has 0 saturated heterocycles. The molecule has 0 N–H and O–H groups in total. The number of hydrogen-bond acceptors (Lipinski definition) is 2. The Bertz CT molecular complexity index is 3630. The van der Waals surface area contributed by atoms with Gasteiger partial charge in [-0.25, -0.2) is 9.97 Å².